The van der Waals surface area contributed by atoms with Gasteiger partial charge in [-0.1, -0.05) is 24.3 Å². The lowest BCUT2D eigenvalue weighted by molar-refractivity contribution is -0.121. The molecule has 0 radical (unpaired) electrons. The Bertz CT molecular complexity index is 763. The van der Waals surface area contributed by atoms with Gasteiger partial charge in [-0.3, -0.25) is 9.59 Å². The van der Waals surface area contributed by atoms with Crippen molar-refractivity contribution in [3.63, 3.8) is 0 Å². The van der Waals surface area contributed by atoms with Gasteiger partial charge in [-0.05, 0) is 30.7 Å². The molecule has 6 heteroatoms. The third-order valence-corrected chi connectivity index (χ3v) is 3.74. The highest BCUT2D eigenvalue weighted by Crippen LogP contribution is 2.31. The van der Waals surface area contributed by atoms with Crippen LogP contribution in [0.3, 0.4) is 0 Å². The Morgan fingerprint density at radius 3 is 2.75 bits per heavy atom. The molecular formula is C18H17FN2O3. The van der Waals surface area contributed by atoms with Crippen LogP contribution in [0, 0.1) is 5.82 Å². The average Bonchev–Trinajstić information content (AvgIpc) is 2.59. The molecule has 0 aliphatic carbocycles. The van der Waals surface area contributed by atoms with Gasteiger partial charge in [0.25, 0.3) is 5.91 Å². The lowest BCUT2D eigenvalue weighted by Gasteiger charge is -2.29. The zero-order valence-electron chi connectivity index (χ0n) is 13.0. The average molecular weight is 328 g/mol. The smallest absolute Gasteiger partial charge is 0.265 e. The lowest BCUT2D eigenvalue weighted by Crippen LogP contribution is -2.39. The van der Waals surface area contributed by atoms with Crippen LogP contribution in [-0.4, -0.2) is 25.0 Å². The van der Waals surface area contributed by atoms with Crippen molar-refractivity contribution in [1.29, 1.82) is 0 Å². The van der Waals surface area contributed by atoms with E-state index in [2.05, 4.69) is 5.32 Å². The van der Waals surface area contributed by atoms with E-state index in [9.17, 15) is 14.0 Å². The van der Waals surface area contributed by atoms with Crippen LogP contribution < -0.4 is 15.0 Å². The molecule has 2 aromatic carbocycles. The summed E-state index contributed by atoms with van der Waals surface area (Å²) < 4.78 is 18.9. The van der Waals surface area contributed by atoms with Crippen LogP contribution in [0.25, 0.3) is 0 Å². The van der Waals surface area contributed by atoms with Gasteiger partial charge in [0.1, 0.15) is 11.6 Å². The molecule has 1 N–H and O–H groups in total. The fraction of sp³-hybridized carbons (Fsp3) is 0.222. The van der Waals surface area contributed by atoms with Gasteiger partial charge in [0.05, 0.1) is 11.4 Å². The van der Waals surface area contributed by atoms with Crippen molar-refractivity contribution in [2.75, 3.05) is 23.4 Å². The fourth-order valence-electron chi connectivity index (χ4n) is 2.57. The van der Waals surface area contributed by atoms with Crippen molar-refractivity contribution in [3.8, 4) is 5.75 Å². The predicted octanol–water partition coefficient (Wildman–Crippen LogP) is 2.97. The molecule has 5 nitrogen and oxygen atoms in total. The maximum atomic E-state index is 13.5. The molecule has 0 fully saturated rings. The first kappa shape index (κ1) is 16.0. The Kier molecular flexibility index (Phi) is 4.74. The van der Waals surface area contributed by atoms with Gasteiger partial charge >= 0.3 is 0 Å². The van der Waals surface area contributed by atoms with E-state index in [1.54, 1.807) is 23.1 Å². The Morgan fingerprint density at radius 1 is 1.17 bits per heavy atom. The van der Waals surface area contributed by atoms with Crippen LogP contribution in [0.15, 0.2) is 48.5 Å². The van der Waals surface area contributed by atoms with Crippen molar-refractivity contribution in [3.05, 3.63) is 54.3 Å². The summed E-state index contributed by atoms with van der Waals surface area (Å²) in [4.78, 5) is 25.6. The highest BCUT2D eigenvalue weighted by atomic mass is 19.1. The van der Waals surface area contributed by atoms with E-state index in [0.717, 1.165) is 0 Å². The SMILES string of the molecule is O=C(CCCN1C(=O)COc2ccccc21)Nc1ccccc1F. The Balaban J connectivity index is 1.56. The van der Waals surface area contributed by atoms with E-state index in [1.807, 2.05) is 18.2 Å². The maximum absolute atomic E-state index is 13.5. The van der Waals surface area contributed by atoms with E-state index < -0.39 is 5.82 Å². The standard InChI is InChI=1S/C18H17FN2O3/c19-13-6-1-2-7-14(13)20-17(22)10-5-11-21-15-8-3-4-9-16(15)24-12-18(21)23/h1-4,6-9H,5,10-12H2,(H,20,22). The molecule has 1 aliphatic heterocycles. The summed E-state index contributed by atoms with van der Waals surface area (Å²) >= 11 is 0. The quantitative estimate of drug-likeness (QED) is 0.918. The summed E-state index contributed by atoms with van der Waals surface area (Å²) in [5.74, 6) is -0.228. The van der Waals surface area contributed by atoms with Gasteiger partial charge in [0, 0.05) is 13.0 Å². The molecule has 1 heterocycles. The van der Waals surface area contributed by atoms with Crippen LogP contribution in [0.5, 0.6) is 5.75 Å². The number of carbonyl (C=O) groups excluding carboxylic acids is 2. The zero-order valence-corrected chi connectivity index (χ0v) is 13.0. The monoisotopic (exact) mass is 328 g/mol. The number of nitrogens with one attached hydrogen (secondary N) is 1. The number of anilines is 2. The van der Waals surface area contributed by atoms with E-state index in [-0.39, 0.29) is 30.5 Å². The molecule has 0 atom stereocenters. The van der Waals surface area contributed by atoms with Gasteiger partial charge in [-0.15, -0.1) is 0 Å². The van der Waals surface area contributed by atoms with Crippen molar-refractivity contribution in [1.82, 2.24) is 0 Å². The number of benzene rings is 2. The second-order valence-corrected chi connectivity index (χ2v) is 5.43. The molecule has 0 aromatic heterocycles. The second kappa shape index (κ2) is 7.12. The highest BCUT2D eigenvalue weighted by Gasteiger charge is 2.24. The topological polar surface area (TPSA) is 58.6 Å². The van der Waals surface area contributed by atoms with Crippen LogP contribution in [0.2, 0.25) is 0 Å². The molecule has 1 aliphatic rings. The molecule has 2 aromatic rings. The minimum atomic E-state index is -0.469. The van der Waals surface area contributed by atoms with E-state index in [1.165, 1.54) is 12.1 Å². The minimum absolute atomic E-state index is 0.00155. The number of fused-ring (bicyclic) bond motifs is 1. The molecule has 24 heavy (non-hydrogen) atoms. The van der Waals surface area contributed by atoms with Crippen molar-refractivity contribution in [2.24, 2.45) is 0 Å². The number of ether oxygens (including phenoxy) is 1. The number of hydrogen-bond acceptors (Lipinski definition) is 3. The zero-order chi connectivity index (χ0) is 16.9. The number of nitrogens with zero attached hydrogens (tertiary/aromatic N) is 1. The van der Waals surface area contributed by atoms with E-state index in [0.29, 0.717) is 24.4 Å². The highest BCUT2D eigenvalue weighted by molar-refractivity contribution is 5.98. The van der Waals surface area contributed by atoms with Crippen LogP contribution in [-0.2, 0) is 9.59 Å². The summed E-state index contributed by atoms with van der Waals surface area (Å²) in [6.45, 7) is 0.405. The number of rotatable bonds is 5. The van der Waals surface area contributed by atoms with E-state index >= 15 is 0 Å². The Morgan fingerprint density at radius 2 is 1.92 bits per heavy atom. The van der Waals surface area contributed by atoms with Crippen molar-refractivity contribution < 1.29 is 18.7 Å². The summed E-state index contributed by atoms with van der Waals surface area (Å²) in [5.41, 5.74) is 0.874. The summed E-state index contributed by atoms with van der Waals surface area (Å²) in [7, 11) is 0. The Labute approximate surface area is 139 Å². The number of carbonyl (C=O) groups is 2. The van der Waals surface area contributed by atoms with Gasteiger partial charge in [-0.2, -0.15) is 0 Å². The van der Waals surface area contributed by atoms with Gasteiger partial charge in [0.2, 0.25) is 5.91 Å². The number of halogens is 1. The largest absolute Gasteiger partial charge is 0.482 e. The minimum Gasteiger partial charge on any atom is -0.482 e. The van der Waals surface area contributed by atoms with Crippen LogP contribution in [0.1, 0.15) is 12.8 Å². The molecule has 0 bridgehead atoms. The fourth-order valence-corrected chi connectivity index (χ4v) is 2.57. The first-order valence-electron chi connectivity index (χ1n) is 7.72. The Hall–Kier alpha value is -2.89. The van der Waals surface area contributed by atoms with Crippen molar-refractivity contribution in [2.45, 2.75) is 12.8 Å². The lowest BCUT2D eigenvalue weighted by atomic mass is 10.2. The molecule has 0 saturated carbocycles. The molecule has 2 amide bonds. The van der Waals surface area contributed by atoms with Gasteiger partial charge < -0.3 is 15.0 Å². The number of amides is 2. The van der Waals surface area contributed by atoms with Crippen LogP contribution in [0.4, 0.5) is 15.8 Å². The third-order valence-electron chi connectivity index (χ3n) is 3.74. The number of para-hydroxylation sites is 3. The molecule has 0 unspecified atom stereocenters. The summed E-state index contributed by atoms with van der Waals surface area (Å²) in [6.07, 6.45) is 0.668. The maximum Gasteiger partial charge on any atom is 0.265 e. The molecular weight excluding hydrogens is 311 g/mol. The third kappa shape index (κ3) is 3.53. The number of hydrogen-bond donors (Lipinski definition) is 1. The second-order valence-electron chi connectivity index (χ2n) is 5.43. The molecule has 0 saturated heterocycles. The summed E-state index contributed by atoms with van der Waals surface area (Å²) in [5, 5.41) is 2.54. The normalized spacial score (nSPS) is 13.2. The van der Waals surface area contributed by atoms with Crippen LogP contribution >= 0.6 is 0 Å². The first-order chi connectivity index (χ1) is 11.6. The summed E-state index contributed by atoms with van der Waals surface area (Å²) in [6, 6.07) is 13.3. The van der Waals surface area contributed by atoms with E-state index in [4.69, 9.17) is 4.74 Å². The van der Waals surface area contributed by atoms with Gasteiger partial charge in [0.15, 0.2) is 6.61 Å². The predicted molar refractivity (Wildman–Crippen MR) is 88.6 cm³/mol. The molecule has 124 valence electrons. The molecule has 0 spiro atoms. The first-order valence-corrected chi connectivity index (χ1v) is 7.72. The molecule has 3 rings (SSSR count). The van der Waals surface area contributed by atoms with Gasteiger partial charge in [-0.25, -0.2) is 4.39 Å². The van der Waals surface area contributed by atoms with Crippen molar-refractivity contribution >= 4 is 23.2 Å².